The van der Waals surface area contributed by atoms with Crippen LogP contribution in [0.15, 0.2) is 30.3 Å². The summed E-state index contributed by atoms with van der Waals surface area (Å²) in [5.41, 5.74) is 2.56. The molecule has 2 aliphatic heterocycles. The number of halogens is 2. The van der Waals surface area contributed by atoms with Crippen molar-refractivity contribution in [3.05, 3.63) is 41.9 Å². The van der Waals surface area contributed by atoms with Crippen LogP contribution < -0.4 is 14.7 Å². The van der Waals surface area contributed by atoms with Gasteiger partial charge in [-0.15, -0.1) is 24.8 Å². The van der Waals surface area contributed by atoms with Gasteiger partial charge < -0.3 is 19.4 Å². The van der Waals surface area contributed by atoms with Crippen molar-refractivity contribution < 1.29 is 4.74 Å². The standard InChI is InChI=1S/C26H33N7O.2ClH/c1-31(2)26-22(27-20-8-4-5-9-21(20)28-26)10-11-23-29-24(32(3)19-12-16-34-17-13-19)18-25(30-23)33-14-6-7-15-33;;/h4-5,8-11,18-19H,6-7,12-17H2,1-3H3;2*1H/b11-10+;;. The Morgan fingerprint density at radius 3 is 2.22 bits per heavy atom. The Morgan fingerprint density at radius 2 is 1.56 bits per heavy atom. The Hall–Kier alpha value is -2.68. The maximum absolute atomic E-state index is 5.57. The fourth-order valence-corrected chi connectivity index (χ4v) is 4.66. The van der Waals surface area contributed by atoms with Gasteiger partial charge in [0.25, 0.3) is 0 Å². The Balaban J connectivity index is 0.00000180. The predicted molar refractivity (Wildman–Crippen MR) is 153 cm³/mol. The smallest absolute Gasteiger partial charge is 0.156 e. The van der Waals surface area contributed by atoms with Gasteiger partial charge in [0.2, 0.25) is 0 Å². The quantitative estimate of drug-likeness (QED) is 0.452. The first-order valence-corrected chi connectivity index (χ1v) is 12.2. The lowest BCUT2D eigenvalue weighted by Crippen LogP contribution is -2.37. The van der Waals surface area contributed by atoms with Crippen LogP contribution in [-0.2, 0) is 4.74 Å². The molecule has 3 aromatic rings. The van der Waals surface area contributed by atoms with Gasteiger partial charge in [-0.05, 0) is 50.0 Å². The van der Waals surface area contributed by atoms with Crippen LogP contribution in [0.4, 0.5) is 17.5 Å². The second kappa shape index (κ2) is 12.5. The fraction of sp³-hybridized carbons (Fsp3) is 0.462. The summed E-state index contributed by atoms with van der Waals surface area (Å²) in [6.45, 7) is 3.70. The van der Waals surface area contributed by atoms with E-state index in [1.165, 1.54) is 12.8 Å². The molecule has 0 aliphatic carbocycles. The van der Waals surface area contributed by atoms with Crippen molar-refractivity contribution in [3.63, 3.8) is 0 Å². The highest BCUT2D eigenvalue weighted by atomic mass is 35.5. The molecule has 0 bridgehead atoms. The molecule has 2 fully saturated rings. The normalized spacial score (nSPS) is 16.1. The first-order valence-electron chi connectivity index (χ1n) is 12.2. The van der Waals surface area contributed by atoms with Gasteiger partial charge in [-0.25, -0.2) is 19.9 Å². The zero-order chi connectivity index (χ0) is 23.5. The molecule has 2 aliphatic rings. The number of fused-ring (bicyclic) bond motifs is 1. The summed E-state index contributed by atoms with van der Waals surface area (Å²) in [6, 6.07) is 10.5. The maximum atomic E-state index is 5.57. The van der Waals surface area contributed by atoms with Gasteiger partial charge in [0.15, 0.2) is 11.6 Å². The molecule has 0 saturated carbocycles. The summed E-state index contributed by atoms with van der Waals surface area (Å²) >= 11 is 0. The second-order valence-electron chi connectivity index (χ2n) is 9.24. The summed E-state index contributed by atoms with van der Waals surface area (Å²) in [4.78, 5) is 26.2. The van der Waals surface area contributed by atoms with Crippen molar-refractivity contribution >= 4 is 65.5 Å². The van der Waals surface area contributed by atoms with Crippen molar-refractivity contribution in [1.82, 2.24) is 19.9 Å². The number of anilines is 3. The Morgan fingerprint density at radius 1 is 0.889 bits per heavy atom. The molecular formula is C26H35Cl2N7O. The Labute approximate surface area is 225 Å². The van der Waals surface area contributed by atoms with Crippen LogP contribution in [0.5, 0.6) is 0 Å². The highest BCUT2D eigenvalue weighted by Crippen LogP contribution is 2.27. The monoisotopic (exact) mass is 531 g/mol. The van der Waals surface area contributed by atoms with Crippen LogP contribution in [0.25, 0.3) is 23.2 Å². The van der Waals surface area contributed by atoms with Gasteiger partial charge in [-0.3, -0.25) is 0 Å². The SMILES string of the molecule is CN(C)c1nc2ccccc2nc1/C=C/c1nc(N2CCCC2)cc(N(C)C2CCOCC2)n1.Cl.Cl. The second-order valence-corrected chi connectivity index (χ2v) is 9.24. The van der Waals surface area contributed by atoms with Gasteiger partial charge >= 0.3 is 0 Å². The lowest BCUT2D eigenvalue weighted by Gasteiger charge is -2.32. The van der Waals surface area contributed by atoms with Crippen molar-refractivity contribution in [2.75, 3.05) is 62.1 Å². The number of aromatic nitrogens is 4. The third kappa shape index (κ3) is 6.17. The molecule has 4 heterocycles. The van der Waals surface area contributed by atoms with Crippen LogP contribution in [0.1, 0.15) is 37.2 Å². The fourth-order valence-electron chi connectivity index (χ4n) is 4.66. The van der Waals surface area contributed by atoms with Crippen molar-refractivity contribution in [1.29, 1.82) is 0 Å². The molecule has 10 heteroatoms. The molecule has 36 heavy (non-hydrogen) atoms. The summed E-state index contributed by atoms with van der Waals surface area (Å²) in [7, 11) is 6.11. The molecule has 0 atom stereocenters. The third-order valence-electron chi connectivity index (χ3n) is 6.64. The number of benzene rings is 1. The van der Waals surface area contributed by atoms with E-state index in [2.05, 4.69) is 22.9 Å². The molecule has 2 saturated heterocycles. The number of hydrogen-bond donors (Lipinski definition) is 0. The van der Waals surface area contributed by atoms with E-state index in [1.807, 2.05) is 55.4 Å². The molecule has 8 nitrogen and oxygen atoms in total. The molecular weight excluding hydrogens is 497 g/mol. The minimum Gasteiger partial charge on any atom is -0.381 e. The van der Waals surface area contributed by atoms with Crippen LogP contribution in [0, 0.1) is 0 Å². The number of para-hydroxylation sites is 2. The lowest BCUT2D eigenvalue weighted by atomic mass is 10.1. The molecule has 0 unspecified atom stereocenters. The minimum absolute atomic E-state index is 0. The highest BCUT2D eigenvalue weighted by molar-refractivity contribution is 5.85. The molecule has 0 amide bonds. The van der Waals surface area contributed by atoms with Gasteiger partial charge in [0.1, 0.15) is 17.3 Å². The Bertz CT molecular complexity index is 1180. The molecule has 1 aromatic carbocycles. The van der Waals surface area contributed by atoms with Crippen LogP contribution in [-0.4, -0.2) is 73.4 Å². The number of hydrogen-bond acceptors (Lipinski definition) is 8. The van der Waals surface area contributed by atoms with Crippen molar-refractivity contribution in [2.45, 2.75) is 31.7 Å². The minimum atomic E-state index is 0. The first-order chi connectivity index (χ1) is 16.6. The largest absolute Gasteiger partial charge is 0.381 e. The summed E-state index contributed by atoms with van der Waals surface area (Å²) in [6.07, 6.45) is 8.40. The zero-order valence-corrected chi connectivity index (χ0v) is 22.8. The van der Waals surface area contributed by atoms with E-state index in [0.717, 1.165) is 73.3 Å². The number of ether oxygens (including phenoxy) is 1. The zero-order valence-electron chi connectivity index (χ0n) is 21.1. The summed E-state index contributed by atoms with van der Waals surface area (Å²) in [5.74, 6) is 3.47. The average molecular weight is 533 g/mol. The summed E-state index contributed by atoms with van der Waals surface area (Å²) in [5, 5.41) is 0. The molecule has 0 radical (unpaired) electrons. The summed E-state index contributed by atoms with van der Waals surface area (Å²) < 4.78 is 5.57. The van der Waals surface area contributed by atoms with Crippen LogP contribution in [0.2, 0.25) is 0 Å². The third-order valence-corrected chi connectivity index (χ3v) is 6.64. The van der Waals surface area contributed by atoms with Gasteiger partial charge in [0, 0.05) is 59.6 Å². The highest BCUT2D eigenvalue weighted by Gasteiger charge is 2.22. The number of nitrogens with zero attached hydrogens (tertiary/aromatic N) is 7. The molecule has 2 aromatic heterocycles. The number of rotatable bonds is 6. The van der Waals surface area contributed by atoms with Gasteiger partial charge in [-0.2, -0.15) is 0 Å². The van der Waals surface area contributed by atoms with Crippen molar-refractivity contribution in [2.24, 2.45) is 0 Å². The van der Waals surface area contributed by atoms with E-state index in [0.29, 0.717) is 11.9 Å². The maximum Gasteiger partial charge on any atom is 0.156 e. The van der Waals surface area contributed by atoms with Crippen LogP contribution in [0.3, 0.4) is 0 Å². The van der Waals surface area contributed by atoms with E-state index in [-0.39, 0.29) is 24.8 Å². The Kier molecular flexibility index (Phi) is 9.70. The van der Waals surface area contributed by atoms with Gasteiger partial charge in [0.05, 0.1) is 11.0 Å². The molecule has 0 spiro atoms. The predicted octanol–water partition coefficient (Wildman–Crippen LogP) is 4.72. The van der Waals surface area contributed by atoms with E-state index >= 15 is 0 Å². The van der Waals surface area contributed by atoms with E-state index in [1.54, 1.807) is 0 Å². The first kappa shape index (κ1) is 27.9. The van der Waals surface area contributed by atoms with E-state index in [4.69, 9.17) is 24.7 Å². The van der Waals surface area contributed by atoms with Crippen molar-refractivity contribution in [3.8, 4) is 0 Å². The van der Waals surface area contributed by atoms with Crippen LogP contribution >= 0.6 is 24.8 Å². The lowest BCUT2D eigenvalue weighted by molar-refractivity contribution is 0.0853. The molecule has 5 rings (SSSR count). The van der Waals surface area contributed by atoms with E-state index < -0.39 is 0 Å². The average Bonchev–Trinajstić information content (AvgIpc) is 3.42. The topological polar surface area (TPSA) is 70.5 Å². The molecule has 0 N–H and O–H groups in total. The molecule has 194 valence electrons. The van der Waals surface area contributed by atoms with Gasteiger partial charge in [-0.1, -0.05) is 12.1 Å². The van der Waals surface area contributed by atoms with E-state index in [9.17, 15) is 0 Å².